The van der Waals surface area contributed by atoms with Crippen molar-refractivity contribution in [2.45, 2.75) is 11.9 Å². The zero-order chi connectivity index (χ0) is 15.0. The van der Waals surface area contributed by atoms with E-state index in [9.17, 15) is 9.18 Å². The molecule has 6 heteroatoms. The van der Waals surface area contributed by atoms with Crippen molar-refractivity contribution in [1.82, 2.24) is 9.47 Å². The molecule has 1 aliphatic heterocycles. The van der Waals surface area contributed by atoms with Crippen molar-refractivity contribution >= 4 is 29.3 Å². The zero-order valence-corrected chi connectivity index (χ0v) is 13.0. The second kappa shape index (κ2) is 5.73. The second-order valence-electron chi connectivity index (χ2n) is 4.93. The highest BCUT2D eigenvalue weighted by Gasteiger charge is 2.35. The van der Waals surface area contributed by atoms with Crippen LogP contribution in [0.3, 0.4) is 0 Å². The summed E-state index contributed by atoms with van der Waals surface area (Å²) in [6.07, 6.45) is 1.92. The molecule has 1 unspecified atom stereocenters. The molecule has 3 rings (SSSR count). The van der Waals surface area contributed by atoms with E-state index in [1.54, 1.807) is 17.0 Å². The molecule has 1 amide bonds. The number of hydrogen-bond donors (Lipinski definition) is 0. The molecule has 0 bridgehead atoms. The van der Waals surface area contributed by atoms with Gasteiger partial charge in [0.2, 0.25) is 5.91 Å². The Hall–Kier alpha value is -1.46. The van der Waals surface area contributed by atoms with Gasteiger partial charge in [0.25, 0.3) is 0 Å². The van der Waals surface area contributed by atoms with E-state index in [1.807, 2.05) is 29.9 Å². The highest BCUT2D eigenvalue weighted by atomic mass is 35.5. The molecular weight excluding hydrogens is 311 g/mol. The first-order valence-electron chi connectivity index (χ1n) is 6.53. The van der Waals surface area contributed by atoms with Crippen LogP contribution >= 0.6 is 23.4 Å². The summed E-state index contributed by atoms with van der Waals surface area (Å²) in [6, 6.07) is 8.49. The van der Waals surface area contributed by atoms with Crippen molar-refractivity contribution in [3.8, 4) is 0 Å². The molecule has 3 nitrogen and oxygen atoms in total. The Morgan fingerprint density at radius 3 is 2.86 bits per heavy atom. The summed E-state index contributed by atoms with van der Waals surface area (Å²) >= 11 is 7.55. The third kappa shape index (κ3) is 2.68. The Kier molecular flexibility index (Phi) is 3.95. The van der Waals surface area contributed by atoms with Crippen LogP contribution in [0.2, 0.25) is 5.02 Å². The first-order valence-corrected chi connectivity index (χ1v) is 7.96. The summed E-state index contributed by atoms with van der Waals surface area (Å²) in [6.45, 7) is 0.449. The van der Waals surface area contributed by atoms with Crippen molar-refractivity contribution in [3.63, 3.8) is 0 Å². The lowest BCUT2D eigenvalue weighted by molar-refractivity contribution is -0.128. The number of carbonyl (C=O) groups excluding carboxylic acids is 1. The van der Waals surface area contributed by atoms with Gasteiger partial charge in [0.1, 0.15) is 11.2 Å². The molecule has 1 saturated heterocycles. The zero-order valence-electron chi connectivity index (χ0n) is 11.4. The summed E-state index contributed by atoms with van der Waals surface area (Å²) in [5, 5.41) is -0.0137. The number of aryl methyl sites for hydroxylation is 1. The largest absolute Gasteiger partial charge is 0.353 e. The van der Waals surface area contributed by atoms with Crippen molar-refractivity contribution in [2.75, 3.05) is 5.75 Å². The fraction of sp³-hybridized carbons (Fsp3) is 0.267. The van der Waals surface area contributed by atoms with Gasteiger partial charge in [-0.1, -0.05) is 17.7 Å². The Balaban J connectivity index is 1.94. The van der Waals surface area contributed by atoms with Crippen LogP contribution in [0.15, 0.2) is 36.5 Å². The highest BCUT2D eigenvalue weighted by Crippen LogP contribution is 2.43. The maximum absolute atomic E-state index is 14.1. The maximum atomic E-state index is 14.1. The van der Waals surface area contributed by atoms with Crippen LogP contribution in [-0.4, -0.2) is 21.1 Å². The first kappa shape index (κ1) is 14.5. The van der Waals surface area contributed by atoms with E-state index in [1.165, 1.54) is 17.8 Å². The Morgan fingerprint density at radius 2 is 2.19 bits per heavy atom. The lowest BCUT2D eigenvalue weighted by Gasteiger charge is -2.25. The van der Waals surface area contributed by atoms with Crippen molar-refractivity contribution in [1.29, 1.82) is 0 Å². The van der Waals surface area contributed by atoms with Gasteiger partial charge in [-0.15, -0.1) is 11.8 Å². The summed E-state index contributed by atoms with van der Waals surface area (Å²) in [7, 11) is 1.92. The topological polar surface area (TPSA) is 25.2 Å². The van der Waals surface area contributed by atoms with Gasteiger partial charge in [0.05, 0.1) is 12.3 Å². The number of benzene rings is 1. The van der Waals surface area contributed by atoms with E-state index in [-0.39, 0.29) is 17.1 Å². The molecule has 1 aromatic heterocycles. The summed E-state index contributed by atoms with van der Waals surface area (Å²) in [5.74, 6) is -0.0168. The smallest absolute Gasteiger partial charge is 0.234 e. The summed E-state index contributed by atoms with van der Waals surface area (Å²) < 4.78 is 16.1. The van der Waals surface area contributed by atoms with Gasteiger partial charge < -0.3 is 9.47 Å². The fourth-order valence-electron chi connectivity index (χ4n) is 2.45. The summed E-state index contributed by atoms with van der Waals surface area (Å²) in [4.78, 5) is 13.8. The molecule has 0 aliphatic carbocycles. The SMILES string of the molecule is Cn1cccc1CN1C(=O)CSC1c1c(F)cccc1Cl. The maximum Gasteiger partial charge on any atom is 0.234 e. The number of halogens is 2. The molecule has 0 saturated carbocycles. The van der Waals surface area contributed by atoms with Crippen LogP contribution < -0.4 is 0 Å². The predicted molar refractivity (Wildman–Crippen MR) is 82.6 cm³/mol. The average molecular weight is 325 g/mol. The van der Waals surface area contributed by atoms with Gasteiger partial charge in [-0.05, 0) is 24.3 Å². The number of thioether (sulfide) groups is 1. The van der Waals surface area contributed by atoms with E-state index in [4.69, 9.17) is 11.6 Å². The molecule has 0 spiro atoms. The number of aromatic nitrogens is 1. The van der Waals surface area contributed by atoms with Gasteiger partial charge in [-0.25, -0.2) is 4.39 Å². The average Bonchev–Trinajstić information content (AvgIpc) is 2.99. The minimum absolute atomic E-state index is 0.00511. The van der Waals surface area contributed by atoms with Crippen LogP contribution in [0.25, 0.3) is 0 Å². The van der Waals surface area contributed by atoms with Gasteiger partial charge >= 0.3 is 0 Å². The monoisotopic (exact) mass is 324 g/mol. The lowest BCUT2D eigenvalue weighted by Crippen LogP contribution is -2.29. The van der Waals surface area contributed by atoms with E-state index in [0.717, 1.165) is 5.69 Å². The highest BCUT2D eigenvalue weighted by molar-refractivity contribution is 8.00. The van der Waals surface area contributed by atoms with Crippen LogP contribution in [0, 0.1) is 5.82 Å². The Labute approximate surface area is 131 Å². The number of hydrogen-bond acceptors (Lipinski definition) is 2. The standard InChI is InChI=1S/C15H14ClFN2OS/c1-18-7-3-4-10(18)8-19-13(20)9-21-15(19)14-11(16)5-2-6-12(14)17/h2-7,15H,8-9H2,1H3. The van der Waals surface area contributed by atoms with Gasteiger partial charge in [0, 0.05) is 29.5 Å². The van der Waals surface area contributed by atoms with Gasteiger partial charge in [0.15, 0.2) is 0 Å². The minimum atomic E-state index is -0.374. The van der Waals surface area contributed by atoms with Crippen LogP contribution in [0.4, 0.5) is 4.39 Å². The molecule has 0 radical (unpaired) electrons. The van der Waals surface area contributed by atoms with Crippen molar-refractivity contribution in [3.05, 3.63) is 58.6 Å². The third-order valence-electron chi connectivity index (χ3n) is 3.60. The molecule has 1 aliphatic rings. The fourth-order valence-corrected chi connectivity index (χ4v) is 4.02. The summed E-state index contributed by atoms with van der Waals surface area (Å²) in [5.41, 5.74) is 1.40. The van der Waals surface area contributed by atoms with Gasteiger partial charge in [-0.2, -0.15) is 0 Å². The van der Waals surface area contributed by atoms with Crippen molar-refractivity contribution in [2.24, 2.45) is 7.05 Å². The van der Waals surface area contributed by atoms with Crippen molar-refractivity contribution < 1.29 is 9.18 Å². The predicted octanol–water partition coefficient (Wildman–Crippen LogP) is 3.59. The normalized spacial score (nSPS) is 18.5. The molecule has 2 heterocycles. The van der Waals surface area contributed by atoms with Crippen LogP contribution in [0.5, 0.6) is 0 Å². The molecule has 110 valence electrons. The van der Waals surface area contributed by atoms with Gasteiger partial charge in [-0.3, -0.25) is 4.79 Å². The third-order valence-corrected chi connectivity index (χ3v) is 5.15. The number of amides is 1. The Bertz CT molecular complexity index is 668. The molecule has 1 atom stereocenters. The number of nitrogens with zero attached hydrogens (tertiary/aromatic N) is 2. The van der Waals surface area contributed by atoms with Crippen LogP contribution in [-0.2, 0) is 18.4 Å². The molecule has 2 aromatic rings. The molecule has 1 aromatic carbocycles. The van der Waals surface area contributed by atoms with E-state index < -0.39 is 0 Å². The first-order chi connectivity index (χ1) is 10.1. The quantitative estimate of drug-likeness (QED) is 0.862. The number of rotatable bonds is 3. The second-order valence-corrected chi connectivity index (χ2v) is 6.41. The van der Waals surface area contributed by atoms with E-state index >= 15 is 0 Å². The number of carbonyl (C=O) groups is 1. The molecule has 1 fully saturated rings. The Morgan fingerprint density at radius 1 is 1.38 bits per heavy atom. The minimum Gasteiger partial charge on any atom is -0.353 e. The molecule has 0 N–H and O–H groups in total. The van der Waals surface area contributed by atoms with Crippen LogP contribution in [0.1, 0.15) is 16.6 Å². The van der Waals surface area contributed by atoms with E-state index in [0.29, 0.717) is 22.9 Å². The molecule has 21 heavy (non-hydrogen) atoms. The molecular formula is C15H14ClFN2OS. The lowest BCUT2D eigenvalue weighted by atomic mass is 10.2. The van der Waals surface area contributed by atoms with E-state index in [2.05, 4.69) is 0 Å².